The van der Waals surface area contributed by atoms with Crippen LogP contribution in [0.15, 0.2) is 30.3 Å². The van der Waals surface area contributed by atoms with Gasteiger partial charge in [0.2, 0.25) is 5.91 Å². The van der Waals surface area contributed by atoms with Crippen molar-refractivity contribution in [2.45, 2.75) is 20.8 Å². The lowest BCUT2D eigenvalue weighted by molar-refractivity contribution is -0.123. The maximum atomic E-state index is 12.3. The van der Waals surface area contributed by atoms with Crippen molar-refractivity contribution in [2.75, 3.05) is 17.7 Å². The lowest BCUT2D eigenvalue weighted by Gasteiger charge is -2.17. The summed E-state index contributed by atoms with van der Waals surface area (Å²) in [6.45, 7) is 5.50. The van der Waals surface area contributed by atoms with E-state index in [0.717, 1.165) is 5.56 Å². The number of rotatable bonds is 3. The Balaban J connectivity index is 2.38. The third-order valence-corrected chi connectivity index (χ3v) is 3.86. The van der Waals surface area contributed by atoms with E-state index < -0.39 is 11.5 Å². The molecule has 2 amide bonds. The molecule has 122 valence electrons. The van der Waals surface area contributed by atoms with Crippen molar-refractivity contribution in [2.24, 2.45) is 5.41 Å². The molecule has 0 spiro atoms. The van der Waals surface area contributed by atoms with Gasteiger partial charge in [0.15, 0.2) is 5.13 Å². The van der Waals surface area contributed by atoms with Gasteiger partial charge in [-0.3, -0.25) is 10.1 Å². The van der Waals surface area contributed by atoms with Gasteiger partial charge in [-0.05, 0) is 0 Å². The van der Waals surface area contributed by atoms with Gasteiger partial charge in [0.1, 0.15) is 10.7 Å². The van der Waals surface area contributed by atoms with Crippen molar-refractivity contribution >= 4 is 33.5 Å². The normalized spacial score (nSPS) is 11.0. The molecule has 1 heterocycles. The Labute approximate surface area is 138 Å². The molecule has 1 aromatic heterocycles. The Morgan fingerprint density at radius 1 is 1.13 bits per heavy atom. The predicted octanol–water partition coefficient (Wildman–Crippen LogP) is 3.97. The van der Waals surface area contributed by atoms with Crippen molar-refractivity contribution in [1.29, 1.82) is 0 Å². The molecule has 0 atom stereocenters. The van der Waals surface area contributed by atoms with Gasteiger partial charge in [0, 0.05) is 11.0 Å². The number of nitrogens with zero attached hydrogens (tertiary/aromatic N) is 1. The molecule has 2 aromatic rings. The van der Waals surface area contributed by atoms with Gasteiger partial charge in [-0.25, -0.2) is 9.78 Å². The Hall–Kier alpha value is -2.41. The van der Waals surface area contributed by atoms with Gasteiger partial charge in [-0.15, -0.1) is 0 Å². The highest BCUT2D eigenvalue weighted by Gasteiger charge is 2.24. The number of carbonyl (C=O) groups is 2. The van der Waals surface area contributed by atoms with E-state index in [0.29, 0.717) is 15.8 Å². The molecule has 0 radical (unpaired) electrons. The lowest BCUT2D eigenvalue weighted by Crippen LogP contribution is -2.27. The first kappa shape index (κ1) is 17.0. The Morgan fingerprint density at radius 2 is 1.78 bits per heavy atom. The summed E-state index contributed by atoms with van der Waals surface area (Å²) < 4.78 is 4.57. The van der Waals surface area contributed by atoms with Gasteiger partial charge in [-0.2, -0.15) is 0 Å². The van der Waals surface area contributed by atoms with Gasteiger partial charge in [0.25, 0.3) is 0 Å². The van der Waals surface area contributed by atoms with Crippen LogP contribution < -0.4 is 10.6 Å². The van der Waals surface area contributed by atoms with Crippen molar-refractivity contribution in [1.82, 2.24) is 4.98 Å². The van der Waals surface area contributed by atoms with E-state index in [1.807, 2.05) is 51.1 Å². The van der Waals surface area contributed by atoms with Crippen LogP contribution in [-0.4, -0.2) is 24.1 Å². The second-order valence-electron chi connectivity index (χ2n) is 5.88. The molecule has 0 aliphatic heterocycles. The SMILES string of the molecule is COC(=O)Nc1nc(-c2ccccc2)c(NC(=O)C(C)(C)C)s1. The van der Waals surface area contributed by atoms with E-state index in [1.54, 1.807) is 0 Å². The fourth-order valence-electron chi connectivity index (χ4n) is 1.68. The first-order chi connectivity index (χ1) is 10.8. The van der Waals surface area contributed by atoms with Crippen LogP contribution in [0.1, 0.15) is 20.8 Å². The molecule has 1 aromatic carbocycles. The van der Waals surface area contributed by atoms with Gasteiger partial charge < -0.3 is 10.1 Å². The highest BCUT2D eigenvalue weighted by atomic mass is 32.1. The van der Waals surface area contributed by atoms with Crippen LogP contribution in [-0.2, 0) is 9.53 Å². The van der Waals surface area contributed by atoms with E-state index in [-0.39, 0.29) is 5.91 Å². The summed E-state index contributed by atoms with van der Waals surface area (Å²) in [5, 5.41) is 6.36. The summed E-state index contributed by atoms with van der Waals surface area (Å²) in [6.07, 6.45) is -0.605. The molecule has 7 heteroatoms. The number of methoxy groups -OCH3 is 1. The minimum atomic E-state index is -0.605. The average Bonchev–Trinajstić information content (AvgIpc) is 2.89. The summed E-state index contributed by atoms with van der Waals surface area (Å²) in [6, 6.07) is 9.46. The number of hydrogen-bond acceptors (Lipinski definition) is 5. The van der Waals surface area contributed by atoms with Crippen LogP contribution >= 0.6 is 11.3 Å². The molecule has 0 fully saturated rings. The number of aromatic nitrogens is 1. The zero-order valence-corrected chi connectivity index (χ0v) is 14.3. The van der Waals surface area contributed by atoms with Crippen LogP contribution in [0.3, 0.4) is 0 Å². The molecular weight excluding hydrogens is 314 g/mol. The van der Waals surface area contributed by atoms with Crippen molar-refractivity contribution in [3.63, 3.8) is 0 Å². The molecule has 0 unspecified atom stereocenters. The molecule has 6 nitrogen and oxygen atoms in total. The van der Waals surface area contributed by atoms with Gasteiger partial charge in [-0.1, -0.05) is 62.4 Å². The smallest absolute Gasteiger partial charge is 0.413 e. The van der Waals surface area contributed by atoms with Crippen LogP contribution in [0.2, 0.25) is 0 Å². The van der Waals surface area contributed by atoms with Gasteiger partial charge >= 0.3 is 6.09 Å². The quantitative estimate of drug-likeness (QED) is 0.890. The number of anilines is 2. The highest BCUT2D eigenvalue weighted by Crippen LogP contribution is 2.36. The van der Waals surface area contributed by atoms with E-state index in [9.17, 15) is 9.59 Å². The van der Waals surface area contributed by atoms with E-state index in [2.05, 4.69) is 20.4 Å². The van der Waals surface area contributed by atoms with Crippen LogP contribution in [0.4, 0.5) is 14.9 Å². The van der Waals surface area contributed by atoms with Crippen molar-refractivity contribution in [3.8, 4) is 11.3 Å². The monoisotopic (exact) mass is 333 g/mol. The fraction of sp³-hybridized carbons (Fsp3) is 0.312. The molecule has 0 saturated heterocycles. The van der Waals surface area contributed by atoms with Crippen LogP contribution in [0.5, 0.6) is 0 Å². The second-order valence-corrected chi connectivity index (χ2v) is 6.88. The summed E-state index contributed by atoms with van der Waals surface area (Å²) in [5.41, 5.74) is 0.930. The topological polar surface area (TPSA) is 80.3 Å². The number of thiazole rings is 1. The summed E-state index contributed by atoms with van der Waals surface area (Å²) >= 11 is 1.19. The number of nitrogens with one attached hydrogen (secondary N) is 2. The van der Waals surface area contributed by atoms with E-state index in [1.165, 1.54) is 18.4 Å². The maximum absolute atomic E-state index is 12.3. The Morgan fingerprint density at radius 3 is 2.35 bits per heavy atom. The number of carbonyl (C=O) groups excluding carboxylic acids is 2. The second kappa shape index (κ2) is 6.78. The van der Waals surface area contributed by atoms with Crippen molar-refractivity contribution in [3.05, 3.63) is 30.3 Å². The summed E-state index contributed by atoms with van der Waals surface area (Å²) in [5.74, 6) is -0.122. The molecule has 23 heavy (non-hydrogen) atoms. The summed E-state index contributed by atoms with van der Waals surface area (Å²) in [7, 11) is 1.28. The molecular formula is C16H19N3O3S. The third kappa shape index (κ3) is 4.29. The Bertz CT molecular complexity index is 705. The average molecular weight is 333 g/mol. The predicted molar refractivity (Wildman–Crippen MR) is 91.7 cm³/mol. The molecule has 2 N–H and O–H groups in total. The lowest BCUT2D eigenvalue weighted by atomic mass is 9.96. The maximum Gasteiger partial charge on any atom is 0.413 e. The zero-order chi connectivity index (χ0) is 17.0. The molecule has 0 bridgehead atoms. The number of amides is 2. The molecule has 0 aliphatic rings. The standard InChI is InChI=1S/C16H19N3O3S/c1-16(2,3)13(20)18-12-11(10-8-6-5-7-9-10)17-14(23-12)19-15(21)22-4/h5-9H,1-4H3,(H,18,20)(H,17,19,21). The van der Waals surface area contributed by atoms with Crippen LogP contribution in [0, 0.1) is 5.41 Å². The first-order valence-corrected chi connectivity index (χ1v) is 7.85. The third-order valence-electron chi connectivity index (χ3n) is 2.98. The summed E-state index contributed by atoms with van der Waals surface area (Å²) in [4.78, 5) is 28.0. The molecule has 0 aliphatic carbocycles. The minimum absolute atomic E-state index is 0.122. The highest BCUT2D eigenvalue weighted by molar-refractivity contribution is 7.20. The Kier molecular flexibility index (Phi) is 5.00. The zero-order valence-electron chi connectivity index (χ0n) is 13.5. The fourth-order valence-corrected chi connectivity index (χ4v) is 2.55. The molecule has 2 rings (SSSR count). The van der Waals surface area contributed by atoms with E-state index in [4.69, 9.17) is 0 Å². The first-order valence-electron chi connectivity index (χ1n) is 7.04. The minimum Gasteiger partial charge on any atom is -0.453 e. The largest absolute Gasteiger partial charge is 0.453 e. The van der Waals surface area contributed by atoms with Crippen molar-refractivity contribution < 1.29 is 14.3 Å². The number of benzene rings is 1. The number of hydrogen-bond donors (Lipinski definition) is 2. The number of ether oxygens (including phenoxy) is 1. The molecule has 0 saturated carbocycles. The van der Waals surface area contributed by atoms with E-state index >= 15 is 0 Å². The van der Waals surface area contributed by atoms with Crippen LogP contribution in [0.25, 0.3) is 11.3 Å². The van der Waals surface area contributed by atoms with Gasteiger partial charge in [0.05, 0.1) is 7.11 Å².